The van der Waals surface area contributed by atoms with Gasteiger partial charge in [-0.25, -0.2) is 0 Å². The maximum atomic E-state index is 8.05. The van der Waals surface area contributed by atoms with Gasteiger partial charge in [0.25, 0.3) is 0 Å². The summed E-state index contributed by atoms with van der Waals surface area (Å²) >= 11 is 4.10. The SMILES string of the molecule is [N-]=[N+]=NCCCC1SCCCS1. The third-order valence-corrected chi connectivity index (χ3v) is 4.74. The third kappa shape index (κ3) is 4.14. The number of azide groups is 1. The Morgan fingerprint density at radius 3 is 2.83 bits per heavy atom. The highest BCUT2D eigenvalue weighted by atomic mass is 32.2. The number of hydrogen-bond acceptors (Lipinski definition) is 3. The molecule has 1 rings (SSSR count). The second-order valence-corrected chi connectivity index (χ2v) is 5.54. The molecule has 0 aromatic heterocycles. The van der Waals surface area contributed by atoms with Gasteiger partial charge in [-0.1, -0.05) is 5.11 Å². The van der Waals surface area contributed by atoms with Crippen molar-refractivity contribution in [3.8, 4) is 0 Å². The van der Waals surface area contributed by atoms with Crippen molar-refractivity contribution >= 4 is 23.5 Å². The topological polar surface area (TPSA) is 48.8 Å². The Morgan fingerprint density at radius 2 is 2.17 bits per heavy atom. The Hall–Kier alpha value is 0.0100. The average molecular weight is 203 g/mol. The molecular formula is C7H13N3S2. The van der Waals surface area contributed by atoms with Crippen LogP contribution in [0.25, 0.3) is 10.4 Å². The minimum Gasteiger partial charge on any atom is -0.148 e. The van der Waals surface area contributed by atoms with Crippen molar-refractivity contribution in [3.63, 3.8) is 0 Å². The molecule has 0 bridgehead atoms. The summed E-state index contributed by atoms with van der Waals surface area (Å²) in [7, 11) is 0. The number of rotatable bonds is 4. The van der Waals surface area contributed by atoms with Crippen molar-refractivity contribution in [2.45, 2.75) is 23.8 Å². The van der Waals surface area contributed by atoms with Gasteiger partial charge in [-0.15, -0.1) is 23.5 Å². The second kappa shape index (κ2) is 6.52. The highest BCUT2D eigenvalue weighted by molar-refractivity contribution is 8.17. The van der Waals surface area contributed by atoms with Crippen LogP contribution in [0.1, 0.15) is 19.3 Å². The zero-order valence-electron chi connectivity index (χ0n) is 6.98. The van der Waals surface area contributed by atoms with Crippen molar-refractivity contribution in [3.05, 3.63) is 10.4 Å². The fraction of sp³-hybridized carbons (Fsp3) is 1.00. The number of thioether (sulfide) groups is 2. The molecule has 0 N–H and O–H groups in total. The predicted molar refractivity (Wildman–Crippen MR) is 56.6 cm³/mol. The molecule has 3 nitrogen and oxygen atoms in total. The first-order chi connectivity index (χ1) is 5.93. The molecule has 1 saturated heterocycles. The Labute approximate surface area is 81.3 Å². The smallest absolute Gasteiger partial charge is 0.0502 e. The van der Waals surface area contributed by atoms with E-state index < -0.39 is 0 Å². The van der Waals surface area contributed by atoms with Crippen LogP contribution in [0, 0.1) is 0 Å². The molecule has 1 aliphatic heterocycles. The number of hydrogen-bond donors (Lipinski definition) is 0. The second-order valence-electron chi connectivity index (χ2n) is 2.62. The minimum absolute atomic E-state index is 0.661. The molecule has 1 fully saturated rings. The molecule has 0 saturated carbocycles. The molecule has 68 valence electrons. The zero-order valence-corrected chi connectivity index (χ0v) is 8.61. The highest BCUT2D eigenvalue weighted by Gasteiger charge is 2.12. The van der Waals surface area contributed by atoms with Crippen LogP contribution in [0.15, 0.2) is 5.11 Å². The molecule has 0 radical (unpaired) electrons. The summed E-state index contributed by atoms with van der Waals surface area (Å²) in [6, 6.07) is 0. The van der Waals surface area contributed by atoms with E-state index in [4.69, 9.17) is 5.53 Å². The lowest BCUT2D eigenvalue weighted by Crippen LogP contribution is -2.06. The zero-order chi connectivity index (χ0) is 8.65. The first-order valence-corrected chi connectivity index (χ1v) is 6.27. The van der Waals surface area contributed by atoms with Crippen LogP contribution >= 0.6 is 23.5 Å². The molecule has 5 heteroatoms. The van der Waals surface area contributed by atoms with Crippen LogP contribution in [0.2, 0.25) is 0 Å². The molecule has 1 heterocycles. The summed E-state index contributed by atoms with van der Waals surface area (Å²) in [6.45, 7) is 0.661. The fourth-order valence-corrected chi connectivity index (χ4v) is 4.04. The summed E-state index contributed by atoms with van der Waals surface area (Å²) in [6.07, 6.45) is 3.57. The van der Waals surface area contributed by atoms with E-state index in [9.17, 15) is 0 Å². The summed E-state index contributed by atoms with van der Waals surface area (Å²) in [5, 5.41) is 3.52. The largest absolute Gasteiger partial charge is 0.148 e. The quantitative estimate of drug-likeness (QED) is 0.305. The van der Waals surface area contributed by atoms with E-state index in [1.165, 1.54) is 24.3 Å². The van der Waals surface area contributed by atoms with Gasteiger partial charge in [0.2, 0.25) is 0 Å². The van der Waals surface area contributed by atoms with E-state index >= 15 is 0 Å². The van der Waals surface area contributed by atoms with Gasteiger partial charge in [-0.3, -0.25) is 0 Å². The monoisotopic (exact) mass is 203 g/mol. The van der Waals surface area contributed by atoms with E-state index in [2.05, 4.69) is 10.0 Å². The van der Waals surface area contributed by atoms with Crippen molar-refractivity contribution in [2.75, 3.05) is 18.1 Å². The van der Waals surface area contributed by atoms with Gasteiger partial charge >= 0.3 is 0 Å². The molecule has 1 aliphatic rings. The van der Waals surface area contributed by atoms with E-state index in [-0.39, 0.29) is 0 Å². The lowest BCUT2D eigenvalue weighted by Gasteiger charge is -2.19. The first kappa shape index (κ1) is 10.1. The fourth-order valence-electron chi connectivity index (χ4n) is 1.08. The minimum atomic E-state index is 0.661. The lowest BCUT2D eigenvalue weighted by molar-refractivity contribution is 0.789. The summed E-state index contributed by atoms with van der Waals surface area (Å²) in [4.78, 5) is 2.73. The maximum Gasteiger partial charge on any atom is 0.0502 e. The lowest BCUT2D eigenvalue weighted by atomic mass is 10.3. The molecule has 0 spiro atoms. The average Bonchev–Trinajstić information content (AvgIpc) is 2.14. The summed E-state index contributed by atoms with van der Waals surface area (Å²) < 4.78 is 0.757. The normalized spacial score (nSPS) is 18.7. The van der Waals surface area contributed by atoms with Crippen molar-refractivity contribution in [1.82, 2.24) is 0 Å². The highest BCUT2D eigenvalue weighted by Crippen LogP contribution is 2.33. The van der Waals surface area contributed by atoms with Gasteiger partial charge < -0.3 is 0 Å². The molecular weight excluding hydrogens is 190 g/mol. The van der Waals surface area contributed by atoms with Crippen LogP contribution in [-0.4, -0.2) is 22.6 Å². The first-order valence-electron chi connectivity index (χ1n) is 4.17. The van der Waals surface area contributed by atoms with E-state index in [1.807, 2.05) is 23.5 Å². The summed E-state index contributed by atoms with van der Waals surface area (Å²) in [5.74, 6) is 2.61. The standard InChI is InChI=1S/C7H13N3S2/c8-10-9-4-1-3-7-11-5-2-6-12-7/h7H,1-6H2. The van der Waals surface area contributed by atoms with Crippen molar-refractivity contribution < 1.29 is 0 Å². The van der Waals surface area contributed by atoms with Gasteiger partial charge in [0.15, 0.2) is 0 Å². The van der Waals surface area contributed by atoms with Crippen LogP contribution in [-0.2, 0) is 0 Å². The summed E-state index contributed by atoms with van der Waals surface area (Å²) in [5.41, 5.74) is 8.05. The van der Waals surface area contributed by atoms with Gasteiger partial charge in [-0.2, -0.15) is 0 Å². The maximum absolute atomic E-state index is 8.05. The molecule has 12 heavy (non-hydrogen) atoms. The van der Waals surface area contributed by atoms with Crippen LogP contribution < -0.4 is 0 Å². The van der Waals surface area contributed by atoms with E-state index in [0.717, 1.165) is 11.0 Å². The molecule has 0 aromatic carbocycles. The van der Waals surface area contributed by atoms with Gasteiger partial charge in [0, 0.05) is 11.5 Å². The van der Waals surface area contributed by atoms with Gasteiger partial charge in [0.05, 0.1) is 4.58 Å². The molecule has 0 aromatic rings. The Balaban J connectivity index is 2.01. The molecule has 0 aliphatic carbocycles. The van der Waals surface area contributed by atoms with Crippen molar-refractivity contribution in [2.24, 2.45) is 5.11 Å². The molecule has 0 amide bonds. The Bertz CT molecular complexity index is 162. The predicted octanol–water partition coefficient (Wildman–Crippen LogP) is 3.27. The van der Waals surface area contributed by atoms with Crippen LogP contribution in [0.5, 0.6) is 0 Å². The molecule has 0 atom stereocenters. The van der Waals surface area contributed by atoms with E-state index in [0.29, 0.717) is 6.54 Å². The Morgan fingerprint density at radius 1 is 1.42 bits per heavy atom. The third-order valence-electron chi connectivity index (χ3n) is 1.66. The van der Waals surface area contributed by atoms with Gasteiger partial charge in [-0.05, 0) is 36.3 Å². The van der Waals surface area contributed by atoms with Gasteiger partial charge in [0.1, 0.15) is 0 Å². The van der Waals surface area contributed by atoms with Crippen LogP contribution in [0.4, 0.5) is 0 Å². The van der Waals surface area contributed by atoms with Crippen molar-refractivity contribution in [1.29, 1.82) is 0 Å². The molecule has 0 unspecified atom stereocenters. The van der Waals surface area contributed by atoms with E-state index in [1.54, 1.807) is 0 Å². The number of nitrogens with zero attached hydrogens (tertiary/aromatic N) is 3. The Kier molecular flexibility index (Phi) is 5.48. The van der Waals surface area contributed by atoms with Crippen LogP contribution in [0.3, 0.4) is 0 Å².